The van der Waals surface area contributed by atoms with Gasteiger partial charge in [-0.15, -0.1) is 0 Å². The highest BCUT2D eigenvalue weighted by Gasteiger charge is 2.33. The van der Waals surface area contributed by atoms with Gasteiger partial charge in [0.1, 0.15) is 5.82 Å². The molecule has 0 spiro atoms. The molecular weight excluding hydrogens is 355 g/mol. The Labute approximate surface area is 148 Å². The van der Waals surface area contributed by atoms with Crippen LogP contribution in [-0.4, -0.2) is 10.9 Å². The number of aromatic nitrogens is 1. The highest BCUT2D eigenvalue weighted by atomic mass is 35.5. The van der Waals surface area contributed by atoms with E-state index in [1.165, 1.54) is 24.4 Å². The van der Waals surface area contributed by atoms with Crippen LogP contribution in [0.15, 0.2) is 36.5 Å². The number of carbonyl (C=O) groups is 1. The Morgan fingerprint density at radius 1 is 1.24 bits per heavy atom. The topological polar surface area (TPSA) is 54.0 Å². The van der Waals surface area contributed by atoms with E-state index in [9.17, 15) is 18.0 Å². The number of anilines is 3. The van der Waals surface area contributed by atoms with Crippen LogP contribution < -0.4 is 10.6 Å². The van der Waals surface area contributed by atoms with Crippen LogP contribution in [0.4, 0.5) is 30.4 Å². The molecular formula is C17H17ClF3N3O. The summed E-state index contributed by atoms with van der Waals surface area (Å²) in [5.41, 5.74) is -0.555. The van der Waals surface area contributed by atoms with E-state index in [0.29, 0.717) is 12.1 Å². The standard InChI is InChI=1S/C17H17ClF3N3O/c1-10(2)7-16(25)23-12-4-6-15(22-9-12)24-14-5-3-11(18)8-13(14)17(19,20)21/h3-6,8-10H,7H2,1-2H3,(H,22,24)(H,23,25). The molecule has 2 N–H and O–H groups in total. The van der Waals surface area contributed by atoms with Crippen LogP contribution in [0.3, 0.4) is 0 Å². The summed E-state index contributed by atoms with van der Waals surface area (Å²) in [5.74, 6) is 0.295. The maximum atomic E-state index is 13.1. The fourth-order valence-electron chi connectivity index (χ4n) is 2.12. The summed E-state index contributed by atoms with van der Waals surface area (Å²) in [5, 5.41) is 5.29. The molecule has 2 rings (SSSR count). The molecule has 0 aliphatic carbocycles. The third-order valence-electron chi connectivity index (χ3n) is 3.19. The molecule has 0 fully saturated rings. The summed E-state index contributed by atoms with van der Waals surface area (Å²) in [6.07, 6.45) is -2.79. The molecule has 25 heavy (non-hydrogen) atoms. The van der Waals surface area contributed by atoms with Crippen molar-refractivity contribution >= 4 is 34.7 Å². The van der Waals surface area contributed by atoms with E-state index in [2.05, 4.69) is 15.6 Å². The van der Waals surface area contributed by atoms with Gasteiger partial charge < -0.3 is 10.6 Å². The smallest absolute Gasteiger partial charge is 0.340 e. The number of halogens is 4. The Kier molecular flexibility index (Phi) is 5.89. The Hall–Kier alpha value is -2.28. The molecule has 0 aliphatic heterocycles. The molecule has 1 heterocycles. The normalized spacial score (nSPS) is 11.5. The Morgan fingerprint density at radius 3 is 2.52 bits per heavy atom. The van der Waals surface area contributed by atoms with Gasteiger partial charge in [0, 0.05) is 11.4 Å². The molecule has 0 saturated heterocycles. The van der Waals surface area contributed by atoms with Crippen molar-refractivity contribution in [3.05, 3.63) is 47.1 Å². The fraction of sp³-hybridized carbons (Fsp3) is 0.294. The van der Waals surface area contributed by atoms with Crippen LogP contribution in [0.25, 0.3) is 0 Å². The van der Waals surface area contributed by atoms with E-state index in [1.54, 1.807) is 6.07 Å². The summed E-state index contributed by atoms with van der Waals surface area (Å²) >= 11 is 5.65. The van der Waals surface area contributed by atoms with Crippen LogP contribution in [-0.2, 0) is 11.0 Å². The first-order chi connectivity index (χ1) is 11.6. The number of benzene rings is 1. The van der Waals surface area contributed by atoms with Gasteiger partial charge in [0.2, 0.25) is 5.91 Å². The molecule has 1 amide bonds. The molecule has 4 nitrogen and oxygen atoms in total. The first-order valence-electron chi connectivity index (χ1n) is 7.55. The summed E-state index contributed by atoms with van der Waals surface area (Å²) in [6, 6.07) is 6.51. The van der Waals surface area contributed by atoms with Gasteiger partial charge in [-0.3, -0.25) is 4.79 Å². The maximum Gasteiger partial charge on any atom is 0.418 e. The van der Waals surface area contributed by atoms with Crippen LogP contribution in [0.1, 0.15) is 25.8 Å². The van der Waals surface area contributed by atoms with Crippen molar-refractivity contribution in [3.63, 3.8) is 0 Å². The second kappa shape index (κ2) is 7.74. The van der Waals surface area contributed by atoms with E-state index in [-0.39, 0.29) is 28.4 Å². The lowest BCUT2D eigenvalue weighted by Gasteiger charge is -2.15. The SMILES string of the molecule is CC(C)CC(=O)Nc1ccc(Nc2ccc(Cl)cc2C(F)(F)F)nc1. The number of pyridine rings is 1. The summed E-state index contributed by atoms with van der Waals surface area (Å²) in [4.78, 5) is 15.7. The molecule has 2 aromatic rings. The summed E-state index contributed by atoms with van der Waals surface area (Å²) in [7, 11) is 0. The van der Waals surface area contributed by atoms with Crippen LogP contribution in [0, 0.1) is 5.92 Å². The van der Waals surface area contributed by atoms with Crippen molar-refractivity contribution in [1.82, 2.24) is 4.98 Å². The van der Waals surface area contributed by atoms with Crippen molar-refractivity contribution in [2.75, 3.05) is 10.6 Å². The predicted molar refractivity (Wildman–Crippen MR) is 92.1 cm³/mol. The van der Waals surface area contributed by atoms with E-state index in [4.69, 9.17) is 11.6 Å². The highest BCUT2D eigenvalue weighted by molar-refractivity contribution is 6.30. The minimum absolute atomic E-state index is 0.00551. The number of hydrogen-bond donors (Lipinski definition) is 2. The Balaban J connectivity index is 2.13. The second-order valence-corrected chi connectivity index (χ2v) is 6.33. The van der Waals surface area contributed by atoms with Crippen molar-refractivity contribution < 1.29 is 18.0 Å². The molecule has 0 radical (unpaired) electrons. The Morgan fingerprint density at radius 2 is 1.96 bits per heavy atom. The molecule has 134 valence electrons. The number of rotatable bonds is 5. The molecule has 0 atom stereocenters. The third kappa shape index (κ3) is 5.63. The largest absolute Gasteiger partial charge is 0.418 e. The first-order valence-corrected chi connectivity index (χ1v) is 7.92. The average Bonchev–Trinajstić information content (AvgIpc) is 2.49. The van der Waals surface area contributed by atoms with Gasteiger partial charge in [-0.25, -0.2) is 4.98 Å². The third-order valence-corrected chi connectivity index (χ3v) is 3.43. The van der Waals surface area contributed by atoms with Crippen molar-refractivity contribution in [3.8, 4) is 0 Å². The number of nitrogens with one attached hydrogen (secondary N) is 2. The monoisotopic (exact) mass is 371 g/mol. The lowest BCUT2D eigenvalue weighted by atomic mass is 10.1. The predicted octanol–water partition coefficient (Wildman–Crippen LogP) is 5.48. The number of amides is 1. The quantitative estimate of drug-likeness (QED) is 0.731. The van der Waals surface area contributed by atoms with Gasteiger partial charge >= 0.3 is 6.18 Å². The average molecular weight is 372 g/mol. The fourth-order valence-corrected chi connectivity index (χ4v) is 2.29. The molecule has 0 bridgehead atoms. The number of alkyl halides is 3. The first kappa shape index (κ1) is 19.1. The molecule has 1 aromatic carbocycles. The highest BCUT2D eigenvalue weighted by Crippen LogP contribution is 2.37. The van der Waals surface area contributed by atoms with Crippen LogP contribution >= 0.6 is 11.6 Å². The zero-order valence-corrected chi connectivity index (χ0v) is 14.4. The van der Waals surface area contributed by atoms with Gasteiger partial charge in [0.25, 0.3) is 0 Å². The van der Waals surface area contributed by atoms with E-state index in [1.807, 2.05) is 13.8 Å². The zero-order valence-electron chi connectivity index (χ0n) is 13.6. The van der Waals surface area contributed by atoms with E-state index >= 15 is 0 Å². The Bertz CT molecular complexity index is 746. The van der Waals surface area contributed by atoms with Crippen molar-refractivity contribution in [2.24, 2.45) is 5.92 Å². The summed E-state index contributed by atoms with van der Waals surface area (Å²) in [6.45, 7) is 3.85. The number of hydrogen-bond acceptors (Lipinski definition) is 3. The van der Waals surface area contributed by atoms with E-state index in [0.717, 1.165) is 6.07 Å². The van der Waals surface area contributed by atoms with Gasteiger partial charge in [-0.2, -0.15) is 13.2 Å². The van der Waals surface area contributed by atoms with Crippen molar-refractivity contribution in [1.29, 1.82) is 0 Å². The molecule has 0 saturated carbocycles. The minimum Gasteiger partial charge on any atom is -0.340 e. The van der Waals surface area contributed by atoms with Gasteiger partial charge in [-0.1, -0.05) is 25.4 Å². The molecule has 0 aliphatic rings. The maximum absolute atomic E-state index is 13.1. The lowest BCUT2D eigenvalue weighted by molar-refractivity contribution is -0.136. The van der Waals surface area contributed by atoms with E-state index < -0.39 is 11.7 Å². The minimum atomic E-state index is -4.54. The second-order valence-electron chi connectivity index (χ2n) is 5.89. The van der Waals surface area contributed by atoms with Gasteiger partial charge in [-0.05, 0) is 36.2 Å². The molecule has 1 aromatic heterocycles. The van der Waals surface area contributed by atoms with Crippen molar-refractivity contribution in [2.45, 2.75) is 26.4 Å². The van der Waals surface area contributed by atoms with Crippen LogP contribution in [0.2, 0.25) is 5.02 Å². The number of nitrogens with zero attached hydrogens (tertiary/aromatic N) is 1. The number of carbonyl (C=O) groups excluding carboxylic acids is 1. The van der Waals surface area contributed by atoms with Gasteiger partial charge in [0.05, 0.1) is 23.1 Å². The lowest BCUT2D eigenvalue weighted by Crippen LogP contribution is -2.14. The summed E-state index contributed by atoms with van der Waals surface area (Å²) < 4.78 is 39.2. The van der Waals surface area contributed by atoms with Gasteiger partial charge in [0.15, 0.2) is 0 Å². The molecule has 0 unspecified atom stereocenters. The molecule has 8 heteroatoms. The van der Waals surface area contributed by atoms with Crippen LogP contribution in [0.5, 0.6) is 0 Å². The zero-order chi connectivity index (χ0) is 18.6.